The molecule has 2 aromatic heterocycles. The van der Waals surface area contributed by atoms with Gasteiger partial charge < -0.3 is 14.8 Å². The number of amides is 1. The number of furan rings is 1. The Morgan fingerprint density at radius 1 is 1.45 bits per heavy atom. The number of thioether (sulfide) groups is 1. The minimum absolute atomic E-state index is 0.107. The van der Waals surface area contributed by atoms with Crippen molar-refractivity contribution in [2.75, 3.05) is 12.3 Å². The van der Waals surface area contributed by atoms with E-state index in [1.54, 1.807) is 31.5 Å². The monoisotopic (exact) mass is 292 g/mol. The molecular formula is C14H16N2O3S. The Morgan fingerprint density at radius 2 is 2.20 bits per heavy atom. The number of hydrogen-bond acceptors (Lipinski definition) is 5. The van der Waals surface area contributed by atoms with E-state index in [9.17, 15) is 9.90 Å². The van der Waals surface area contributed by atoms with Gasteiger partial charge in [0.15, 0.2) is 0 Å². The molecule has 1 amide bonds. The van der Waals surface area contributed by atoms with Crippen LogP contribution in [0.2, 0.25) is 0 Å². The first-order chi connectivity index (χ1) is 9.58. The molecule has 0 aromatic carbocycles. The van der Waals surface area contributed by atoms with Gasteiger partial charge in [0, 0.05) is 17.3 Å². The summed E-state index contributed by atoms with van der Waals surface area (Å²) in [6.07, 6.45) is 4.86. The predicted octanol–water partition coefficient (Wildman–Crippen LogP) is 1.79. The predicted molar refractivity (Wildman–Crippen MR) is 76.2 cm³/mol. The van der Waals surface area contributed by atoms with Crippen molar-refractivity contribution in [2.24, 2.45) is 0 Å². The van der Waals surface area contributed by atoms with E-state index in [2.05, 4.69) is 10.3 Å². The van der Waals surface area contributed by atoms with Gasteiger partial charge in [0.25, 0.3) is 0 Å². The summed E-state index contributed by atoms with van der Waals surface area (Å²) in [5.74, 6) is 0.580. The number of rotatable bonds is 6. The van der Waals surface area contributed by atoms with Crippen LogP contribution < -0.4 is 5.32 Å². The highest BCUT2D eigenvalue weighted by Crippen LogP contribution is 2.20. The molecule has 0 saturated heterocycles. The highest BCUT2D eigenvalue weighted by atomic mass is 32.2. The van der Waals surface area contributed by atoms with Gasteiger partial charge in [-0.25, -0.2) is 0 Å². The molecule has 20 heavy (non-hydrogen) atoms. The van der Waals surface area contributed by atoms with Gasteiger partial charge in [-0.05, 0) is 31.2 Å². The van der Waals surface area contributed by atoms with Crippen molar-refractivity contribution in [1.29, 1.82) is 0 Å². The Kier molecular flexibility index (Phi) is 4.81. The molecule has 6 heteroatoms. The molecule has 2 aromatic rings. The first kappa shape index (κ1) is 14.6. The van der Waals surface area contributed by atoms with Gasteiger partial charge in [-0.2, -0.15) is 0 Å². The van der Waals surface area contributed by atoms with Crippen molar-refractivity contribution < 1.29 is 14.3 Å². The Balaban J connectivity index is 1.78. The molecule has 0 fully saturated rings. The van der Waals surface area contributed by atoms with Gasteiger partial charge in [0.05, 0.1) is 18.6 Å². The highest BCUT2D eigenvalue weighted by Gasteiger charge is 2.26. The molecule has 2 heterocycles. The van der Waals surface area contributed by atoms with Gasteiger partial charge in [0.1, 0.15) is 11.4 Å². The van der Waals surface area contributed by atoms with Crippen molar-refractivity contribution in [2.45, 2.75) is 17.4 Å². The summed E-state index contributed by atoms with van der Waals surface area (Å²) in [4.78, 5) is 16.6. The van der Waals surface area contributed by atoms with E-state index >= 15 is 0 Å². The second kappa shape index (κ2) is 6.58. The van der Waals surface area contributed by atoms with Crippen LogP contribution in [0.3, 0.4) is 0 Å². The fourth-order valence-electron chi connectivity index (χ4n) is 1.58. The van der Waals surface area contributed by atoms with Crippen LogP contribution in [0, 0.1) is 0 Å². The second-order valence-corrected chi connectivity index (χ2v) is 5.55. The van der Waals surface area contributed by atoms with Crippen LogP contribution in [0.5, 0.6) is 0 Å². The van der Waals surface area contributed by atoms with Gasteiger partial charge in [0.2, 0.25) is 5.91 Å². The van der Waals surface area contributed by atoms with Crippen molar-refractivity contribution in [3.8, 4) is 0 Å². The zero-order valence-electron chi connectivity index (χ0n) is 11.1. The molecule has 0 aliphatic rings. The van der Waals surface area contributed by atoms with Crippen molar-refractivity contribution in [3.05, 3.63) is 48.7 Å². The van der Waals surface area contributed by atoms with Crippen LogP contribution in [0.25, 0.3) is 0 Å². The first-order valence-corrected chi connectivity index (χ1v) is 7.12. The third kappa shape index (κ3) is 4.11. The van der Waals surface area contributed by atoms with Crippen LogP contribution in [-0.4, -0.2) is 28.3 Å². The fourth-order valence-corrected chi connectivity index (χ4v) is 2.29. The summed E-state index contributed by atoms with van der Waals surface area (Å²) < 4.78 is 5.15. The number of aromatic nitrogens is 1. The van der Waals surface area contributed by atoms with Crippen LogP contribution in [0.15, 0.2) is 52.2 Å². The van der Waals surface area contributed by atoms with Crippen molar-refractivity contribution in [3.63, 3.8) is 0 Å². The Bertz CT molecular complexity index is 541. The highest BCUT2D eigenvalue weighted by molar-refractivity contribution is 8.00. The van der Waals surface area contributed by atoms with Gasteiger partial charge in [-0.3, -0.25) is 9.78 Å². The number of nitrogens with one attached hydrogen (secondary N) is 1. The largest absolute Gasteiger partial charge is 0.466 e. The maximum atomic E-state index is 11.7. The summed E-state index contributed by atoms with van der Waals surface area (Å²) in [7, 11) is 0. The van der Waals surface area contributed by atoms with E-state index in [-0.39, 0.29) is 18.2 Å². The van der Waals surface area contributed by atoms with Gasteiger partial charge in [-0.15, -0.1) is 11.8 Å². The topological polar surface area (TPSA) is 75.4 Å². The molecule has 0 saturated carbocycles. The zero-order valence-corrected chi connectivity index (χ0v) is 11.9. The van der Waals surface area contributed by atoms with E-state index in [1.165, 1.54) is 18.0 Å². The maximum Gasteiger partial charge on any atom is 0.230 e. The second-order valence-electron chi connectivity index (χ2n) is 4.50. The average molecular weight is 292 g/mol. The number of nitrogens with zero attached hydrogens (tertiary/aromatic N) is 1. The summed E-state index contributed by atoms with van der Waals surface area (Å²) in [5, 5.41) is 12.9. The molecule has 0 aliphatic heterocycles. The first-order valence-electron chi connectivity index (χ1n) is 6.14. The molecule has 0 bridgehead atoms. The number of carbonyl (C=O) groups excluding carboxylic acids is 1. The van der Waals surface area contributed by atoms with Gasteiger partial charge in [-0.1, -0.05) is 0 Å². The van der Waals surface area contributed by atoms with Crippen LogP contribution in [0.1, 0.15) is 12.7 Å². The van der Waals surface area contributed by atoms with E-state index in [4.69, 9.17) is 4.42 Å². The fraction of sp³-hybridized carbons (Fsp3) is 0.286. The minimum atomic E-state index is -1.21. The normalized spacial score (nSPS) is 13.7. The molecule has 2 N–H and O–H groups in total. The number of aliphatic hydroxyl groups is 1. The minimum Gasteiger partial charge on any atom is -0.466 e. The SMILES string of the molecule is CC(O)(CNC(=O)CSc1ccncc1)c1ccco1. The molecule has 2 rings (SSSR count). The summed E-state index contributed by atoms with van der Waals surface area (Å²) >= 11 is 1.42. The molecule has 106 valence electrons. The number of carbonyl (C=O) groups is 1. The molecule has 0 aliphatic carbocycles. The van der Waals surface area contributed by atoms with E-state index in [0.717, 1.165) is 4.90 Å². The van der Waals surface area contributed by atoms with Crippen molar-refractivity contribution in [1.82, 2.24) is 10.3 Å². The van der Waals surface area contributed by atoms with E-state index in [1.807, 2.05) is 12.1 Å². The number of hydrogen-bond donors (Lipinski definition) is 2. The quantitative estimate of drug-likeness (QED) is 0.794. The third-order valence-electron chi connectivity index (χ3n) is 2.70. The van der Waals surface area contributed by atoms with E-state index < -0.39 is 5.60 Å². The zero-order chi connectivity index (χ0) is 14.4. The molecule has 1 atom stereocenters. The Labute approximate surface area is 121 Å². The Hall–Kier alpha value is -1.79. The molecule has 5 nitrogen and oxygen atoms in total. The average Bonchev–Trinajstić information content (AvgIpc) is 2.99. The standard InChI is InChI=1S/C14H16N2O3S/c1-14(18,12-3-2-8-19-12)10-16-13(17)9-20-11-4-6-15-7-5-11/h2-8,18H,9-10H2,1H3,(H,16,17). The lowest BCUT2D eigenvalue weighted by Gasteiger charge is -2.21. The lowest BCUT2D eigenvalue weighted by Crippen LogP contribution is -2.39. The van der Waals surface area contributed by atoms with Crippen LogP contribution in [0.4, 0.5) is 0 Å². The molecule has 1 unspecified atom stereocenters. The summed E-state index contributed by atoms with van der Waals surface area (Å²) in [6.45, 7) is 1.71. The molecule has 0 radical (unpaired) electrons. The van der Waals surface area contributed by atoms with E-state index in [0.29, 0.717) is 5.76 Å². The van der Waals surface area contributed by atoms with Crippen LogP contribution >= 0.6 is 11.8 Å². The molecular weight excluding hydrogens is 276 g/mol. The smallest absolute Gasteiger partial charge is 0.230 e. The lowest BCUT2D eigenvalue weighted by atomic mass is 10.0. The Morgan fingerprint density at radius 3 is 2.85 bits per heavy atom. The molecule has 0 spiro atoms. The van der Waals surface area contributed by atoms with Crippen molar-refractivity contribution >= 4 is 17.7 Å². The maximum absolute atomic E-state index is 11.7. The van der Waals surface area contributed by atoms with Crippen LogP contribution in [-0.2, 0) is 10.4 Å². The summed E-state index contributed by atoms with van der Waals surface area (Å²) in [5.41, 5.74) is -1.21. The third-order valence-corrected chi connectivity index (χ3v) is 3.71. The number of pyridine rings is 1. The van der Waals surface area contributed by atoms with Gasteiger partial charge >= 0.3 is 0 Å². The summed E-state index contributed by atoms with van der Waals surface area (Å²) in [6, 6.07) is 7.07. The lowest BCUT2D eigenvalue weighted by molar-refractivity contribution is -0.119.